The van der Waals surface area contributed by atoms with Crippen molar-refractivity contribution in [3.05, 3.63) is 42.0 Å². The molecule has 1 aromatic rings. The number of alkyl carbamates (subject to hydrolysis) is 1. The molecule has 0 heterocycles. The molecule has 0 saturated heterocycles. The van der Waals surface area contributed by atoms with Gasteiger partial charge in [-0.15, -0.1) is 0 Å². The molecule has 0 aliphatic rings. The first-order valence-corrected chi connectivity index (χ1v) is 14.5. The van der Waals surface area contributed by atoms with Gasteiger partial charge in [0.1, 0.15) is 17.7 Å². The van der Waals surface area contributed by atoms with Gasteiger partial charge in [0.25, 0.3) is 0 Å². The first-order valence-electron chi connectivity index (χ1n) is 14.5. The number of hydrogen-bond acceptors (Lipinski definition) is 4. The predicted molar refractivity (Wildman–Crippen MR) is 160 cm³/mol. The lowest BCUT2D eigenvalue weighted by atomic mass is 9.94. The van der Waals surface area contributed by atoms with Gasteiger partial charge in [-0.25, -0.2) is 4.79 Å². The molecule has 0 radical (unpaired) electrons. The fraction of sp³-hybridized carbons (Fsp3) is 0.656. The second-order valence-corrected chi connectivity index (χ2v) is 12.5. The summed E-state index contributed by atoms with van der Waals surface area (Å²) in [5, 5.41) is 5.92. The molecule has 0 saturated carbocycles. The Kier molecular flexibility index (Phi) is 13.8. The lowest BCUT2D eigenvalue weighted by Gasteiger charge is -2.37. The molecule has 0 aliphatic heterocycles. The number of amides is 3. The Hall–Kier alpha value is -2.83. The standard InChI is InChI=1S/C32H53N3O4/c1-11-14-15-16-17-21-35(29(37)26(23(4)12-2)33-30(38)39-32(8,9)10)27(28(36)34-31(5,6)7)25-20-18-19-24(13-3)22-25/h13,18-20,22-23,26-27H,3,11-12,14-17,21H2,1-2,4-10H3,(H,33,38)(H,34,36). The van der Waals surface area contributed by atoms with Crippen LogP contribution in [-0.4, -0.2) is 46.5 Å². The van der Waals surface area contributed by atoms with Crippen LogP contribution in [0.25, 0.3) is 6.08 Å². The summed E-state index contributed by atoms with van der Waals surface area (Å²) in [6.45, 7) is 21.5. The lowest BCUT2D eigenvalue weighted by molar-refractivity contribution is -0.144. The highest BCUT2D eigenvalue weighted by atomic mass is 16.6. The zero-order valence-corrected chi connectivity index (χ0v) is 25.9. The maximum atomic E-state index is 14.4. The van der Waals surface area contributed by atoms with Crippen molar-refractivity contribution < 1.29 is 19.1 Å². The number of benzene rings is 1. The molecule has 0 spiro atoms. The highest BCUT2D eigenvalue weighted by Crippen LogP contribution is 2.27. The molecule has 0 aliphatic carbocycles. The first-order chi connectivity index (χ1) is 18.1. The molecular formula is C32H53N3O4. The van der Waals surface area contributed by atoms with E-state index in [0.29, 0.717) is 18.5 Å². The van der Waals surface area contributed by atoms with Gasteiger partial charge in [-0.3, -0.25) is 9.59 Å². The Morgan fingerprint density at radius 3 is 2.21 bits per heavy atom. The summed E-state index contributed by atoms with van der Waals surface area (Å²) in [5.74, 6) is -0.715. The fourth-order valence-corrected chi connectivity index (χ4v) is 4.32. The third-order valence-electron chi connectivity index (χ3n) is 6.46. The topological polar surface area (TPSA) is 87.7 Å². The van der Waals surface area contributed by atoms with Crippen molar-refractivity contribution in [2.75, 3.05) is 6.54 Å². The molecule has 3 unspecified atom stereocenters. The lowest BCUT2D eigenvalue weighted by Crippen LogP contribution is -2.56. The number of ether oxygens (including phenoxy) is 1. The van der Waals surface area contributed by atoms with Gasteiger partial charge < -0.3 is 20.3 Å². The van der Waals surface area contributed by atoms with E-state index in [-0.39, 0.29) is 17.7 Å². The Labute approximate surface area is 237 Å². The van der Waals surface area contributed by atoms with E-state index in [9.17, 15) is 14.4 Å². The van der Waals surface area contributed by atoms with Crippen molar-refractivity contribution >= 4 is 24.0 Å². The van der Waals surface area contributed by atoms with Crippen LogP contribution in [-0.2, 0) is 14.3 Å². The van der Waals surface area contributed by atoms with E-state index in [2.05, 4.69) is 24.1 Å². The molecule has 1 rings (SSSR count). The van der Waals surface area contributed by atoms with Gasteiger partial charge >= 0.3 is 6.09 Å². The van der Waals surface area contributed by atoms with E-state index < -0.39 is 29.3 Å². The van der Waals surface area contributed by atoms with Crippen LogP contribution in [0.1, 0.15) is 118 Å². The Bertz CT molecular complexity index is 945. The maximum absolute atomic E-state index is 14.4. The molecule has 3 atom stereocenters. The monoisotopic (exact) mass is 543 g/mol. The maximum Gasteiger partial charge on any atom is 0.408 e. The molecule has 3 amide bonds. The van der Waals surface area contributed by atoms with Crippen LogP contribution in [0.2, 0.25) is 0 Å². The van der Waals surface area contributed by atoms with Crippen molar-refractivity contribution in [1.29, 1.82) is 0 Å². The van der Waals surface area contributed by atoms with Crippen molar-refractivity contribution in [3.8, 4) is 0 Å². The number of carbonyl (C=O) groups excluding carboxylic acids is 3. The van der Waals surface area contributed by atoms with Crippen LogP contribution in [0.5, 0.6) is 0 Å². The first kappa shape index (κ1) is 34.2. The van der Waals surface area contributed by atoms with E-state index in [1.807, 2.05) is 58.9 Å². The fourth-order valence-electron chi connectivity index (χ4n) is 4.32. The predicted octanol–water partition coefficient (Wildman–Crippen LogP) is 7.02. The van der Waals surface area contributed by atoms with E-state index in [1.54, 1.807) is 31.7 Å². The molecule has 39 heavy (non-hydrogen) atoms. The van der Waals surface area contributed by atoms with Crippen molar-refractivity contribution in [1.82, 2.24) is 15.5 Å². The average molecular weight is 544 g/mol. The Morgan fingerprint density at radius 1 is 1.03 bits per heavy atom. The van der Waals surface area contributed by atoms with Crippen molar-refractivity contribution in [3.63, 3.8) is 0 Å². The van der Waals surface area contributed by atoms with Crippen LogP contribution >= 0.6 is 0 Å². The van der Waals surface area contributed by atoms with Crippen molar-refractivity contribution in [2.45, 2.75) is 124 Å². The summed E-state index contributed by atoms with van der Waals surface area (Å²) in [6, 6.07) is 5.85. The average Bonchev–Trinajstić information content (AvgIpc) is 2.83. The molecule has 0 fully saturated rings. The van der Waals surface area contributed by atoms with Crippen LogP contribution in [0.4, 0.5) is 4.79 Å². The highest BCUT2D eigenvalue weighted by Gasteiger charge is 2.38. The number of carbonyl (C=O) groups is 3. The van der Waals surface area contributed by atoms with E-state index in [1.165, 1.54) is 0 Å². The van der Waals surface area contributed by atoms with Gasteiger partial charge in [-0.2, -0.15) is 0 Å². The second-order valence-electron chi connectivity index (χ2n) is 12.5. The largest absolute Gasteiger partial charge is 0.444 e. The second kappa shape index (κ2) is 15.7. The van der Waals surface area contributed by atoms with Crippen LogP contribution < -0.4 is 10.6 Å². The molecule has 7 nitrogen and oxygen atoms in total. The van der Waals surface area contributed by atoms with E-state index in [0.717, 1.165) is 37.7 Å². The van der Waals surface area contributed by atoms with Gasteiger partial charge in [0.15, 0.2) is 0 Å². The van der Waals surface area contributed by atoms with Gasteiger partial charge in [-0.1, -0.05) is 83.7 Å². The van der Waals surface area contributed by atoms with Crippen LogP contribution in [0.3, 0.4) is 0 Å². The molecule has 0 aromatic heterocycles. The summed E-state index contributed by atoms with van der Waals surface area (Å²) in [5.41, 5.74) is 0.372. The minimum absolute atomic E-state index is 0.168. The van der Waals surface area contributed by atoms with Crippen LogP contribution in [0.15, 0.2) is 30.8 Å². The molecule has 2 N–H and O–H groups in total. The highest BCUT2D eigenvalue weighted by molar-refractivity contribution is 5.92. The summed E-state index contributed by atoms with van der Waals surface area (Å²) in [4.78, 5) is 42.7. The normalized spacial score (nSPS) is 14.1. The summed E-state index contributed by atoms with van der Waals surface area (Å²) in [6.07, 6.45) is 6.76. The number of nitrogens with zero attached hydrogens (tertiary/aromatic N) is 1. The van der Waals surface area contributed by atoms with E-state index >= 15 is 0 Å². The third-order valence-corrected chi connectivity index (χ3v) is 6.46. The van der Waals surface area contributed by atoms with Gasteiger partial charge in [0.05, 0.1) is 0 Å². The van der Waals surface area contributed by atoms with E-state index in [4.69, 9.17) is 4.74 Å². The Balaban J connectivity index is 3.59. The smallest absolute Gasteiger partial charge is 0.408 e. The third kappa shape index (κ3) is 12.3. The summed E-state index contributed by atoms with van der Waals surface area (Å²) in [7, 11) is 0. The summed E-state index contributed by atoms with van der Waals surface area (Å²) < 4.78 is 5.50. The molecule has 0 bridgehead atoms. The number of rotatable bonds is 14. The number of nitrogens with one attached hydrogen (secondary N) is 2. The van der Waals surface area contributed by atoms with Gasteiger partial charge in [0.2, 0.25) is 11.8 Å². The number of hydrogen-bond donors (Lipinski definition) is 2. The van der Waals surface area contributed by atoms with Crippen molar-refractivity contribution in [2.24, 2.45) is 5.92 Å². The summed E-state index contributed by atoms with van der Waals surface area (Å²) >= 11 is 0. The number of unbranched alkanes of at least 4 members (excludes halogenated alkanes) is 4. The molecule has 7 heteroatoms. The van der Waals surface area contributed by atoms with Crippen LogP contribution in [0, 0.1) is 5.92 Å². The zero-order chi connectivity index (χ0) is 29.8. The zero-order valence-electron chi connectivity index (χ0n) is 25.9. The Morgan fingerprint density at radius 2 is 1.67 bits per heavy atom. The quantitative estimate of drug-likeness (QED) is 0.247. The molecule has 1 aromatic carbocycles. The molecule has 220 valence electrons. The minimum atomic E-state index is -0.866. The van der Waals surface area contributed by atoms with Gasteiger partial charge in [-0.05, 0) is 71.1 Å². The van der Waals surface area contributed by atoms with Gasteiger partial charge in [0, 0.05) is 12.1 Å². The SMILES string of the molecule is C=Cc1cccc(C(C(=O)NC(C)(C)C)N(CCCCCCC)C(=O)C(NC(=O)OC(C)(C)C)C(C)CC)c1. The molecular weight excluding hydrogens is 490 g/mol. The minimum Gasteiger partial charge on any atom is -0.444 e.